The van der Waals surface area contributed by atoms with Crippen molar-refractivity contribution in [1.29, 1.82) is 0 Å². The summed E-state index contributed by atoms with van der Waals surface area (Å²) < 4.78 is 20.6. The highest BCUT2D eigenvalue weighted by atomic mass is 16.5. The van der Waals surface area contributed by atoms with Crippen molar-refractivity contribution in [2.75, 3.05) is 20.3 Å². The van der Waals surface area contributed by atoms with E-state index < -0.39 is 11.9 Å². The topological polar surface area (TPSA) is 71.1 Å². The molecule has 0 aromatic heterocycles. The minimum absolute atomic E-state index is 0.188. The van der Waals surface area contributed by atoms with E-state index in [-0.39, 0.29) is 5.76 Å². The Morgan fingerprint density at radius 1 is 0.931 bits per heavy atom. The summed E-state index contributed by atoms with van der Waals surface area (Å²) in [6, 6.07) is 6.71. The summed E-state index contributed by atoms with van der Waals surface area (Å²) in [4.78, 5) is 23.0. The first-order valence-corrected chi connectivity index (χ1v) is 9.30. The highest BCUT2D eigenvalue weighted by Gasteiger charge is 2.08. The lowest BCUT2D eigenvalue weighted by Gasteiger charge is -2.08. The summed E-state index contributed by atoms with van der Waals surface area (Å²) in [5.74, 6) is 0.397. The van der Waals surface area contributed by atoms with Gasteiger partial charge >= 0.3 is 11.9 Å². The zero-order chi connectivity index (χ0) is 21.5. The van der Waals surface area contributed by atoms with Crippen LogP contribution in [-0.4, -0.2) is 32.3 Å². The van der Waals surface area contributed by atoms with E-state index in [1.54, 1.807) is 30.3 Å². The fourth-order valence-corrected chi connectivity index (χ4v) is 2.13. The van der Waals surface area contributed by atoms with Gasteiger partial charge in [-0.2, -0.15) is 0 Å². The van der Waals surface area contributed by atoms with Crippen LogP contribution in [0.5, 0.6) is 5.75 Å². The van der Waals surface area contributed by atoms with E-state index in [9.17, 15) is 9.59 Å². The molecule has 156 valence electrons. The van der Waals surface area contributed by atoms with Gasteiger partial charge < -0.3 is 18.9 Å². The van der Waals surface area contributed by atoms with Crippen molar-refractivity contribution in [3.63, 3.8) is 0 Å². The van der Waals surface area contributed by atoms with Crippen LogP contribution in [0.4, 0.5) is 0 Å². The second-order valence-electron chi connectivity index (χ2n) is 6.02. The molecule has 6 heteroatoms. The van der Waals surface area contributed by atoms with Gasteiger partial charge in [-0.3, -0.25) is 0 Å². The molecule has 1 aromatic carbocycles. The molecule has 0 saturated carbocycles. The predicted octanol–water partition coefficient (Wildman–Crippen LogP) is 4.74. The van der Waals surface area contributed by atoms with Gasteiger partial charge in [0.25, 0.3) is 0 Å². The molecule has 6 nitrogen and oxygen atoms in total. The van der Waals surface area contributed by atoms with E-state index in [0.29, 0.717) is 30.3 Å². The number of esters is 2. The lowest BCUT2D eigenvalue weighted by atomic mass is 10.2. The van der Waals surface area contributed by atoms with E-state index >= 15 is 0 Å². The van der Waals surface area contributed by atoms with Crippen molar-refractivity contribution in [3.8, 4) is 5.75 Å². The van der Waals surface area contributed by atoms with Crippen LogP contribution in [0.3, 0.4) is 0 Å². The van der Waals surface area contributed by atoms with Gasteiger partial charge in [0.1, 0.15) is 17.3 Å². The third kappa shape index (κ3) is 10.6. The Hall–Kier alpha value is -3.28. The number of hydrogen-bond donors (Lipinski definition) is 0. The maximum absolute atomic E-state index is 12.1. The van der Waals surface area contributed by atoms with E-state index in [1.807, 2.05) is 0 Å². The fraction of sp³-hybridized carbons (Fsp3) is 0.304. The lowest BCUT2D eigenvalue weighted by Crippen LogP contribution is -2.04. The molecule has 0 spiro atoms. The van der Waals surface area contributed by atoms with E-state index in [1.165, 1.54) is 13.2 Å². The number of methoxy groups -OCH3 is 1. The third-order valence-electron chi connectivity index (χ3n) is 3.75. The minimum atomic E-state index is -0.508. The van der Waals surface area contributed by atoms with Crippen molar-refractivity contribution in [1.82, 2.24) is 0 Å². The van der Waals surface area contributed by atoms with Crippen molar-refractivity contribution in [2.45, 2.75) is 25.7 Å². The minimum Gasteiger partial charge on any atom is -0.497 e. The number of allylic oxidation sites excluding steroid dienone is 2. The SMILES string of the molecule is C=CC(=O)OCCCCCCOc1ccc(C(=O)OC(=C)/C=C\C(=C)OC)cc1. The highest BCUT2D eigenvalue weighted by molar-refractivity contribution is 5.90. The van der Waals surface area contributed by atoms with Gasteiger partial charge in [0.2, 0.25) is 0 Å². The normalized spacial score (nSPS) is 10.2. The molecule has 0 atom stereocenters. The van der Waals surface area contributed by atoms with Crippen molar-refractivity contribution < 1.29 is 28.5 Å². The standard InChI is InChI=1S/C23H28O6/c1-5-22(24)28-17-9-7-6-8-16-27-21-14-12-20(13-15-21)23(25)29-19(3)11-10-18(2)26-4/h5,10-15H,1-3,6-9,16-17H2,4H3/b11-10-. The molecule has 0 radical (unpaired) electrons. The van der Waals surface area contributed by atoms with Gasteiger partial charge in [0.15, 0.2) is 0 Å². The molecule has 0 aliphatic carbocycles. The molecule has 0 fully saturated rings. The average Bonchev–Trinajstić information content (AvgIpc) is 2.73. The van der Waals surface area contributed by atoms with Crippen LogP contribution in [-0.2, 0) is 19.0 Å². The zero-order valence-electron chi connectivity index (χ0n) is 16.9. The van der Waals surface area contributed by atoms with E-state index in [4.69, 9.17) is 18.9 Å². The first-order chi connectivity index (χ1) is 14.0. The molecule has 0 aliphatic rings. The zero-order valence-corrected chi connectivity index (χ0v) is 16.9. The Kier molecular flexibility index (Phi) is 11.3. The first kappa shape index (κ1) is 23.8. The largest absolute Gasteiger partial charge is 0.497 e. The number of carbonyl (C=O) groups excluding carboxylic acids is 2. The van der Waals surface area contributed by atoms with E-state index in [2.05, 4.69) is 19.7 Å². The summed E-state index contributed by atoms with van der Waals surface area (Å²) in [5, 5.41) is 0. The molecule has 0 amide bonds. The molecule has 0 unspecified atom stereocenters. The predicted molar refractivity (Wildman–Crippen MR) is 111 cm³/mol. The number of unbranched alkanes of at least 4 members (excludes halogenated alkanes) is 3. The average molecular weight is 400 g/mol. The van der Waals surface area contributed by atoms with Crippen molar-refractivity contribution in [3.05, 3.63) is 79.3 Å². The van der Waals surface area contributed by atoms with Crippen LogP contribution in [0, 0.1) is 0 Å². The van der Waals surface area contributed by atoms with Crippen LogP contribution in [0.1, 0.15) is 36.0 Å². The molecule has 0 aliphatic heterocycles. The Morgan fingerprint density at radius 3 is 2.17 bits per heavy atom. The first-order valence-electron chi connectivity index (χ1n) is 9.30. The second kappa shape index (κ2) is 13.8. The Labute approximate surface area is 172 Å². The molecule has 0 N–H and O–H groups in total. The molecule has 1 rings (SSSR count). The summed E-state index contributed by atoms with van der Waals surface area (Å²) in [6.45, 7) is 11.6. The van der Waals surface area contributed by atoms with Gasteiger partial charge in [-0.1, -0.05) is 19.7 Å². The monoisotopic (exact) mass is 400 g/mol. The molecule has 29 heavy (non-hydrogen) atoms. The van der Waals surface area contributed by atoms with Crippen LogP contribution in [0.2, 0.25) is 0 Å². The van der Waals surface area contributed by atoms with Gasteiger partial charge in [-0.25, -0.2) is 9.59 Å². The molecule has 1 aromatic rings. The van der Waals surface area contributed by atoms with Crippen molar-refractivity contribution >= 4 is 11.9 Å². The smallest absolute Gasteiger partial charge is 0.343 e. The van der Waals surface area contributed by atoms with Gasteiger partial charge in [0, 0.05) is 6.08 Å². The number of rotatable bonds is 14. The molecular formula is C23H28O6. The summed E-state index contributed by atoms with van der Waals surface area (Å²) in [6.07, 6.45) is 7.85. The third-order valence-corrected chi connectivity index (χ3v) is 3.75. The Bertz CT molecular complexity index is 730. The van der Waals surface area contributed by atoms with E-state index in [0.717, 1.165) is 31.8 Å². The number of carbonyl (C=O) groups is 2. The van der Waals surface area contributed by atoms with Crippen molar-refractivity contribution in [2.24, 2.45) is 0 Å². The number of benzene rings is 1. The maximum atomic E-state index is 12.1. The van der Waals surface area contributed by atoms with Gasteiger partial charge in [-0.15, -0.1) is 0 Å². The second-order valence-corrected chi connectivity index (χ2v) is 6.02. The summed E-state index contributed by atoms with van der Waals surface area (Å²) in [7, 11) is 1.49. The quantitative estimate of drug-likeness (QED) is 0.148. The molecule has 0 saturated heterocycles. The molecule has 0 heterocycles. The van der Waals surface area contributed by atoms with Crippen LogP contribution in [0.15, 0.2) is 73.7 Å². The number of hydrogen-bond acceptors (Lipinski definition) is 6. The molecular weight excluding hydrogens is 372 g/mol. The summed E-state index contributed by atoms with van der Waals surface area (Å²) >= 11 is 0. The fourth-order valence-electron chi connectivity index (χ4n) is 2.13. The Balaban J connectivity index is 2.26. The van der Waals surface area contributed by atoms with Crippen LogP contribution < -0.4 is 4.74 Å². The van der Waals surface area contributed by atoms with Gasteiger partial charge in [-0.05, 0) is 62.1 Å². The van der Waals surface area contributed by atoms with Gasteiger partial charge in [0.05, 0.1) is 25.9 Å². The maximum Gasteiger partial charge on any atom is 0.343 e. The summed E-state index contributed by atoms with van der Waals surface area (Å²) in [5.41, 5.74) is 0.395. The number of ether oxygens (including phenoxy) is 4. The Morgan fingerprint density at radius 2 is 1.55 bits per heavy atom. The lowest BCUT2D eigenvalue weighted by molar-refractivity contribution is -0.137. The van der Waals surface area contributed by atoms with Crippen LogP contribution in [0.25, 0.3) is 0 Å². The van der Waals surface area contributed by atoms with Crippen LogP contribution >= 0.6 is 0 Å². The highest BCUT2D eigenvalue weighted by Crippen LogP contribution is 2.15. The molecule has 0 bridgehead atoms.